The van der Waals surface area contributed by atoms with Crippen LogP contribution >= 0.6 is 0 Å². The van der Waals surface area contributed by atoms with E-state index in [2.05, 4.69) is 4.90 Å². The monoisotopic (exact) mass is 321 g/mol. The molecule has 1 aliphatic rings. The predicted molar refractivity (Wildman–Crippen MR) is 92.0 cm³/mol. The first kappa shape index (κ1) is 18.4. The summed E-state index contributed by atoms with van der Waals surface area (Å²) in [6.45, 7) is 4.63. The van der Waals surface area contributed by atoms with E-state index in [1.807, 2.05) is 31.2 Å². The van der Waals surface area contributed by atoms with Crippen LogP contribution in [0.4, 0.5) is 0 Å². The first-order chi connectivity index (χ1) is 11.1. The number of hydrogen-bond donors (Lipinski definition) is 3. The summed E-state index contributed by atoms with van der Waals surface area (Å²) in [5, 5.41) is 30.1. The number of nitrogens with zero attached hydrogens (tertiary/aromatic N) is 1. The van der Waals surface area contributed by atoms with Gasteiger partial charge in [0.15, 0.2) is 0 Å². The first-order valence-corrected chi connectivity index (χ1v) is 8.90. The van der Waals surface area contributed by atoms with Crippen molar-refractivity contribution in [3.63, 3.8) is 0 Å². The molecule has 0 aliphatic carbocycles. The third-order valence-electron chi connectivity index (χ3n) is 5.00. The van der Waals surface area contributed by atoms with Crippen LogP contribution < -0.4 is 0 Å². The van der Waals surface area contributed by atoms with E-state index >= 15 is 0 Å². The highest BCUT2D eigenvalue weighted by atomic mass is 16.3. The molecule has 1 heterocycles. The van der Waals surface area contributed by atoms with Gasteiger partial charge in [0.2, 0.25) is 0 Å². The summed E-state index contributed by atoms with van der Waals surface area (Å²) in [5.41, 5.74) is 1.62. The molecule has 4 nitrogen and oxygen atoms in total. The first-order valence-electron chi connectivity index (χ1n) is 8.90. The number of benzene rings is 1. The molecule has 3 atom stereocenters. The Morgan fingerprint density at radius 2 is 1.52 bits per heavy atom. The van der Waals surface area contributed by atoms with Crippen LogP contribution in [0.15, 0.2) is 24.3 Å². The molecule has 0 spiro atoms. The summed E-state index contributed by atoms with van der Waals surface area (Å²) in [6.07, 6.45) is 5.06. The van der Waals surface area contributed by atoms with Crippen LogP contribution in [0, 0.1) is 5.92 Å². The molecule has 2 rings (SSSR count). The maximum atomic E-state index is 10.5. The Morgan fingerprint density at radius 3 is 2.09 bits per heavy atom. The zero-order valence-electron chi connectivity index (χ0n) is 14.2. The van der Waals surface area contributed by atoms with Gasteiger partial charge < -0.3 is 20.2 Å². The van der Waals surface area contributed by atoms with Gasteiger partial charge in [-0.05, 0) is 37.1 Å². The normalized spacial score (nSPS) is 21.2. The molecule has 1 fully saturated rings. The van der Waals surface area contributed by atoms with Crippen molar-refractivity contribution in [2.75, 3.05) is 19.6 Å². The molecule has 0 radical (unpaired) electrons. The number of aliphatic hydroxyl groups is 3. The second-order valence-electron chi connectivity index (χ2n) is 6.84. The average molecular weight is 321 g/mol. The maximum Gasteiger partial charge on any atom is 0.0840 e. The maximum absolute atomic E-state index is 10.5. The number of rotatable bonds is 6. The smallest absolute Gasteiger partial charge is 0.0840 e. The van der Waals surface area contributed by atoms with Gasteiger partial charge in [-0.3, -0.25) is 0 Å². The van der Waals surface area contributed by atoms with Crippen LogP contribution in [-0.4, -0.2) is 46.0 Å². The van der Waals surface area contributed by atoms with Crippen molar-refractivity contribution in [2.24, 2.45) is 5.92 Å². The lowest BCUT2D eigenvalue weighted by molar-refractivity contribution is 0.000579. The third-order valence-corrected chi connectivity index (χ3v) is 5.00. The van der Waals surface area contributed by atoms with Crippen LogP contribution in [0.2, 0.25) is 0 Å². The molecule has 1 aromatic rings. The third kappa shape index (κ3) is 5.57. The Labute approximate surface area is 139 Å². The Hall–Kier alpha value is -0.940. The van der Waals surface area contributed by atoms with Gasteiger partial charge in [-0.25, -0.2) is 0 Å². The van der Waals surface area contributed by atoms with Crippen LogP contribution in [0.3, 0.4) is 0 Å². The lowest BCUT2D eigenvalue weighted by Crippen LogP contribution is -2.39. The molecule has 0 amide bonds. The Morgan fingerprint density at radius 1 is 0.957 bits per heavy atom. The Kier molecular flexibility index (Phi) is 7.50. The Balaban J connectivity index is 1.90. The van der Waals surface area contributed by atoms with E-state index in [0.29, 0.717) is 6.54 Å². The highest BCUT2D eigenvalue weighted by molar-refractivity contribution is 5.24. The molecule has 3 N–H and O–H groups in total. The van der Waals surface area contributed by atoms with Crippen LogP contribution in [0.1, 0.15) is 56.3 Å². The molecule has 0 bridgehead atoms. The average Bonchev–Trinajstić information content (AvgIpc) is 2.55. The number of aliphatic hydroxyl groups excluding tert-OH is 3. The van der Waals surface area contributed by atoms with Gasteiger partial charge in [-0.2, -0.15) is 0 Å². The highest BCUT2D eigenvalue weighted by Gasteiger charge is 2.25. The quantitative estimate of drug-likeness (QED) is 0.753. The van der Waals surface area contributed by atoms with E-state index in [0.717, 1.165) is 24.2 Å². The van der Waals surface area contributed by atoms with Crippen molar-refractivity contribution in [3.8, 4) is 0 Å². The van der Waals surface area contributed by atoms with Gasteiger partial charge in [-0.1, -0.05) is 50.5 Å². The van der Waals surface area contributed by atoms with Crippen molar-refractivity contribution < 1.29 is 15.3 Å². The number of likely N-dealkylation sites (tertiary alicyclic amines) is 1. The molecular weight excluding hydrogens is 290 g/mol. The summed E-state index contributed by atoms with van der Waals surface area (Å²) in [6, 6.07) is 7.29. The number of hydrogen-bond acceptors (Lipinski definition) is 4. The molecule has 1 aliphatic heterocycles. The van der Waals surface area contributed by atoms with Gasteiger partial charge >= 0.3 is 0 Å². The molecular formula is C19H31NO3. The molecule has 0 unspecified atom stereocenters. The van der Waals surface area contributed by atoms with E-state index in [1.165, 1.54) is 32.1 Å². The van der Waals surface area contributed by atoms with E-state index in [9.17, 15) is 10.2 Å². The lowest BCUT2D eigenvalue weighted by Gasteiger charge is -2.31. The molecule has 1 aromatic carbocycles. The SMILES string of the molecule is C[C@@H]([C@H](O)CN1CCCCCCC1)[C@@H](O)c1ccc(CO)cc1. The molecule has 23 heavy (non-hydrogen) atoms. The van der Waals surface area contributed by atoms with Gasteiger partial charge in [0.1, 0.15) is 0 Å². The number of β-amino-alcohol motifs (C(OH)–C–C–N with tert-alkyl or cyclic N) is 1. The molecule has 0 saturated carbocycles. The minimum atomic E-state index is -0.688. The largest absolute Gasteiger partial charge is 0.392 e. The summed E-state index contributed by atoms with van der Waals surface area (Å²) >= 11 is 0. The van der Waals surface area contributed by atoms with E-state index in [1.54, 1.807) is 0 Å². The zero-order chi connectivity index (χ0) is 16.7. The van der Waals surface area contributed by atoms with E-state index < -0.39 is 12.2 Å². The fourth-order valence-corrected chi connectivity index (χ4v) is 3.26. The summed E-state index contributed by atoms with van der Waals surface area (Å²) < 4.78 is 0. The van der Waals surface area contributed by atoms with Crippen LogP contribution in [0.5, 0.6) is 0 Å². The van der Waals surface area contributed by atoms with E-state index in [-0.39, 0.29) is 12.5 Å². The van der Waals surface area contributed by atoms with Gasteiger partial charge in [0.05, 0.1) is 18.8 Å². The minimum Gasteiger partial charge on any atom is -0.392 e. The standard InChI is InChI=1S/C19H31NO3/c1-15(19(23)17-9-7-16(14-21)8-10-17)18(22)13-20-11-5-3-2-4-6-12-20/h7-10,15,18-19,21-23H,2-6,11-14H2,1H3/t15-,18+,19+/m0/s1. The van der Waals surface area contributed by atoms with Crippen molar-refractivity contribution >= 4 is 0 Å². The fourth-order valence-electron chi connectivity index (χ4n) is 3.26. The summed E-state index contributed by atoms with van der Waals surface area (Å²) in [5.74, 6) is -0.222. The lowest BCUT2D eigenvalue weighted by atomic mass is 9.91. The zero-order valence-corrected chi connectivity index (χ0v) is 14.2. The predicted octanol–water partition coefficient (Wildman–Crippen LogP) is 2.48. The fraction of sp³-hybridized carbons (Fsp3) is 0.684. The second-order valence-corrected chi connectivity index (χ2v) is 6.84. The Bertz CT molecular complexity index is 440. The van der Waals surface area contributed by atoms with Gasteiger partial charge in [0.25, 0.3) is 0 Å². The van der Waals surface area contributed by atoms with Gasteiger partial charge in [0, 0.05) is 12.5 Å². The van der Waals surface area contributed by atoms with E-state index in [4.69, 9.17) is 5.11 Å². The van der Waals surface area contributed by atoms with Crippen LogP contribution in [0.25, 0.3) is 0 Å². The van der Waals surface area contributed by atoms with Crippen molar-refractivity contribution in [3.05, 3.63) is 35.4 Å². The second kappa shape index (κ2) is 9.38. The topological polar surface area (TPSA) is 63.9 Å². The minimum absolute atomic E-state index is 0.00349. The molecule has 130 valence electrons. The molecule has 1 saturated heterocycles. The highest BCUT2D eigenvalue weighted by Crippen LogP contribution is 2.25. The summed E-state index contributed by atoms with van der Waals surface area (Å²) in [7, 11) is 0. The van der Waals surface area contributed by atoms with Crippen molar-refractivity contribution in [1.29, 1.82) is 0 Å². The van der Waals surface area contributed by atoms with Crippen molar-refractivity contribution in [1.82, 2.24) is 4.90 Å². The van der Waals surface area contributed by atoms with Crippen molar-refractivity contribution in [2.45, 2.75) is 57.8 Å². The summed E-state index contributed by atoms with van der Waals surface area (Å²) in [4.78, 5) is 2.34. The van der Waals surface area contributed by atoms with Crippen LogP contribution in [-0.2, 0) is 6.61 Å². The van der Waals surface area contributed by atoms with Gasteiger partial charge in [-0.15, -0.1) is 0 Å². The molecule has 0 aromatic heterocycles. The molecule has 4 heteroatoms.